The Labute approximate surface area is 96.2 Å². The van der Waals surface area contributed by atoms with E-state index >= 15 is 0 Å². The molecule has 0 aliphatic rings. The van der Waals surface area contributed by atoms with E-state index in [1.54, 1.807) is 0 Å². The quantitative estimate of drug-likeness (QED) is 0.307. The lowest BCUT2D eigenvalue weighted by Gasteiger charge is -2.21. The largest absolute Gasteiger partial charge is 0.409 e. The highest BCUT2D eigenvalue weighted by molar-refractivity contribution is 5.80. The van der Waals surface area contributed by atoms with Crippen LogP contribution in [0.5, 0.6) is 0 Å². The molecule has 0 saturated heterocycles. The molecule has 0 fully saturated rings. The van der Waals surface area contributed by atoms with Crippen LogP contribution in [0.3, 0.4) is 0 Å². The second-order valence-electron chi connectivity index (χ2n) is 4.08. The summed E-state index contributed by atoms with van der Waals surface area (Å²) in [4.78, 5) is 0. The maximum absolute atomic E-state index is 8.60. The van der Waals surface area contributed by atoms with Crippen LogP contribution in [0, 0.1) is 0 Å². The van der Waals surface area contributed by atoms with Crippen LogP contribution in [0.4, 0.5) is 0 Å². The molecule has 4 N–H and O–H groups in total. The number of hydrogen-bond donors (Lipinski definition) is 3. The van der Waals surface area contributed by atoms with Crippen LogP contribution in [-0.4, -0.2) is 17.1 Å². The van der Waals surface area contributed by atoms with Crippen molar-refractivity contribution in [2.45, 2.75) is 32.4 Å². The van der Waals surface area contributed by atoms with E-state index in [1.807, 2.05) is 30.3 Å². The number of nitrogens with one attached hydrogen (secondary N) is 1. The number of hydrogen-bond acceptors (Lipinski definition) is 3. The summed E-state index contributed by atoms with van der Waals surface area (Å²) < 4.78 is 0. The van der Waals surface area contributed by atoms with Crippen molar-refractivity contribution in [3.63, 3.8) is 0 Å². The average Bonchev–Trinajstić information content (AvgIpc) is 2.28. The minimum atomic E-state index is 0.0806. The molecule has 0 aliphatic heterocycles. The number of nitrogens with two attached hydrogens (primary N) is 1. The van der Waals surface area contributed by atoms with Crippen LogP contribution in [0.2, 0.25) is 0 Å². The first kappa shape index (κ1) is 12.5. The summed E-state index contributed by atoms with van der Waals surface area (Å²) >= 11 is 0. The van der Waals surface area contributed by atoms with E-state index < -0.39 is 0 Å². The molecule has 4 heteroatoms. The van der Waals surface area contributed by atoms with Gasteiger partial charge in [0.05, 0.1) is 0 Å². The van der Waals surface area contributed by atoms with E-state index in [1.165, 1.54) is 0 Å². The van der Waals surface area contributed by atoms with Crippen LogP contribution in [0.25, 0.3) is 0 Å². The van der Waals surface area contributed by atoms with Gasteiger partial charge in [-0.05, 0) is 5.56 Å². The Balaban J connectivity index is 2.79. The van der Waals surface area contributed by atoms with Crippen molar-refractivity contribution in [1.82, 2.24) is 5.32 Å². The maximum Gasteiger partial charge on any atom is 0.141 e. The summed E-state index contributed by atoms with van der Waals surface area (Å²) in [5.41, 5.74) is 6.69. The third-order valence-electron chi connectivity index (χ3n) is 2.28. The SMILES string of the molecule is CC(C)NC(CC(N)=NO)c1ccccc1. The first-order chi connectivity index (χ1) is 7.63. The minimum absolute atomic E-state index is 0.0806. The molecular weight excluding hydrogens is 202 g/mol. The zero-order valence-corrected chi connectivity index (χ0v) is 9.72. The lowest BCUT2D eigenvalue weighted by Crippen LogP contribution is -2.31. The molecule has 0 spiro atoms. The van der Waals surface area contributed by atoms with Crippen LogP contribution < -0.4 is 11.1 Å². The molecule has 0 bridgehead atoms. The monoisotopic (exact) mass is 221 g/mol. The molecule has 0 aliphatic carbocycles. The summed E-state index contributed by atoms with van der Waals surface area (Å²) in [5, 5.41) is 15.0. The van der Waals surface area contributed by atoms with E-state index in [2.05, 4.69) is 24.3 Å². The summed E-state index contributed by atoms with van der Waals surface area (Å²) in [6, 6.07) is 10.4. The Morgan fingerprint density at radius 1 is 1.38 bits per heavy atom. The van der Waals surface area contributed by atoms with Crippen molar-refractivity contribution < 1.29 is 5.21 Å². The predicted molar refractivity (Wildman–Crippen MR) is 65.5 cm³/mol. The van der Waals surface area contributed by atoms with Gasteiger partial charge in [-0.2, -0.15) is 0 Å². The highest BCUT2D eigenvalue weighted by Gasteiger charge is 2.13. The maximum atomic E-state index is 8.60. The molecule has 16 heavy (non-hydrogen) atoms. The van der Waals surface area contributed by atoms with Gasteiger partial charge in [0, 0.05) is 18.5 Å². The fraction of sp³-hybridized carbons (Fsp3) is 0.417. The summed E-state index contributed by atoms with van der Waals surface area (Å²) in [6.45, 7) is 4.14. The molecule has 0 aromatic heterocycles. The van der Waals surface area contributed by atoms with Gasteiger partial charge >= 0.3 is 0 Å². The van der Waals surface area contributed by atoms with Crippen molar-refractivity contribution in [1.29, 1.82) is 0 Å². The third kappa shape index (κ3) is 3.90. The number of oxime groups is 1. The van der Waals surface area contributed by atoms with Crippen molar-refractivity contribution in [2.24, 2.45) is 10.9 Å². The molecule has 0 amide bonds. The lowest BCUT2D eigenvalue weighted by atomic mass is 10.0. The van der Waals surface area contributed by atoms with Crippen molar-refractivity contribution in [2.75, 3.05) is 0 Å². The van der Waals surface area contributed by atoms with E-state index in [-0.39, 0.29) is 11.9 Å². The normalized spacial score (nSPS) is 14.1. The van der Waals surface area contributed by atoms with E-state index in [0.717, 1.165) is 5.56 Å². The zero-order chi connectivity index (χ0) is 12.0. The third-order valence-corrected chi connectivity index (χ3v) is 2.28. The zero-order valence-electron chi connectivity index (χ0n) is 9.72. The van der Waals surface area contributed by atoms with Crippen LogP contribution >= 0.6 is 0 Å². The summed E-state index contributed by atoms with van der Waals surface area (Å²) in [7, 11) is 0. The van der Waals surface area contributed by atoms with Crippen molar-refractivity contribution >= 4 is 5.84 Å². The Bertz CT molecular complexity index is 335. The second-order valence-corrected chi connectivity index (χ2v) is 4.08. The number of amidine groups is 1. The molecule has 0 radical (unpaired) electrons. The molecule has 0 heterocycles. The Morgan fingerprint density at radius 2 is 2.00 bits per heavy atom. The van der Waals surface area contributed by atoms with Crippen molar-refractivity contribution in [3.8, 4) is 0 Å². The van der Waals surface area contributed by atoms with E-state index in [4.69, 9.17) is 10.9 Å². The van der Waals surface area contributed by atoms with E-state index in [0.29, 0.717) is 12.5 Å². The standard InChI is InChI=1S/C12H19N3O/c1-9(2)14-11(8-12(13)15-16)10-6-4-3-5-7-10/h3-7,9,11,14,16H,8H2,1-2H3,(H2,13,15). The Hall–Kier alpha value is -1.55. The first-order valence-corrected chi connectivity index (χ1v) is 5.41. The molecule has 1 atom stereocenters. The van der Waals surface area contributed by atoms with Gasteiger partial charge in [-0.1, -0.05) is 49.3 Å². The van der Waals surface area contributed by atoms with Gasteiger partial charge in [0.15, 0.2) is 0 Å². The van der Waals surface area contributed by atoms with Gasteiger partial charge in [-0.25, -0.2) is 0 Å². The molecule has 4 nitrogen and oxygen atoms in total. The van der Waals surface area contributed by atoms with Gasteiger partial charge in [-0.15, -0.1) is 0 Å². The molecule has 0 saturated carbocycles. The first-order valence-electron chi connectivity index (χ1n) is 5.41. The summed E-state index contributed by atoms with van der Waals surface area (Å²) in [5.74, 6) is 0.238. The average molecular weight is 221 g/mol. The van der Waals surface area contributed by atoms with E-state index in [9.17, 15) is 0 Å². The van der Waals surface area contributed by atoms with Crippen LogP contribution in [-0.2, 0) is 0 Å². The molecule has 1 aromatic rings. The minimum Gasteiger partial charge on any atom is -0.409 e. The fourth-order valence-electron chi connectivity index (χ4n) is 1.61. The fourth-order valence-corrected chi connectivity index (χ4v) is 1.61. The highest BCUT2D eigenvalue weighted by atomic mass is 16.4. The smallest absolute Gasteiger partial charge is 0.141 e. The lowest BCUT2D eigenvalue weighted by molar-refractivity contribution is 0.315. The van der Waals surface area contributed by atoms with Gasteiger partial charge in [0.2, 0.25) is 0 Å². The molecule has 88 valence electrons. The number of nitrogens with zero attached hydrogens (tertiary/aromatic N) is 1. The topological polar surface area (TPSA) is 70.6 Å². The van der Waals surface area contributed by atoms with Gasteiger partial charge in [0.1, 0.15) is 5.84 Å². The predicted octanol–water partition coefficient (Wildman–Crippen LogP) is 1.86. The number of rotatable bonds is 5. The summed E-state index contributed by atoms with van der Waals surface area (Å²) in [6.07, 6.45) is 0.499. The Morgan fingerprint density at radius 3 is 2.50 bits per heavy atom. The van der Waals surface area contributed by atoms with Gasteiger partial charge in [-0.3, -0.25) is 0 Å². The van der Waals surface area contributed by atoms with Crippen LogP contribution in [0.1, 0.15) is 31.9 Å². The molecule has 1 aromatic carbocycles. The second kappa shape index (κ2) is 6.12. The van der Waals surface area contributed by atoms with Crippen molar-refractivity contribution in [3.05, 3.63) is 35.9 Å². The Kier molecular flexibility index (Phi) is 4.79. The van der Waals surface area contributed by atoms with Crippen LogP contribution in [0.15, 0.2) is 35.5 Å². The molecular formula is C12H19N3O. The number of benzene rings is 1. The molecule has 1 unspecified atom stereocenters. The van der Waals surface area contributed by atoms with Gasteiger partial charge < -0.3 is 16.3 Å². The van der Waals surface area contributed by atoms with Gasteiger partial charge in [0.25, 0.3) is 0 Å². The highest BCUT2D eigenvalue weighted by Crippen LogP contribution is 2.17. The molecule has 1 rings (SSSR count).